The summed E-state index contributed by atoms with van der Waals surface area (Å²) >= 11 is 4.93. The fourth-order valence-electron chi connectivity index (χ4n) is 3.28. The molecule has 7 nitrogen and oxygen atoms in total. The van der Waals surface area contributed by atoms with Gasteiger partial charge in [-0.15, -0.1) is 0 Å². The van der Waals surface area contributed by atoms with Crippen molar-refractivity contribution in [2.24, 2.45) is 10.9 Å². The van der Waals surface area contributed by atoms with Crippen LogP contribution in [0.2, 0.25) is 0 Å². The molecule has 1 atom stereocenters. The zero-order valence-corrected chi connectivity index (χ0v) is 19.1. The highest BCUT2D eigenvalue weighted by atomic mass is 79.9. The molecule has 2 heterocycles. The second-order valence-corrected chi connectivity index (χ2v) is 10.7. The number of aromatic nitrogens is 1. The van der Waals surface area contributed by atoms with Gasteiger partial charge in [-0.3, -0.25) is 4.79 Å². The third-order valence-corrected chi connectivity index (χ3v) is 7.52. The molecule has 0 aliphatic carbocycles. The van der Waals surface area contributed by atoms with E-state index in [9.17, 15) is 13.2 Å². The third-order valence-electron chi connectivity index (χ3n) is 4.72. The predicted octanol–water partition coefficient (Wildman–Crippen LogP) is 2.60. The summed E-state index contributed by atoms with van der Waals surface area (Å²) in [6, 6.07) is 5.97. The molecule has 1 amide bonds. The highest BCUT2D eigenvalue weighted by Crippen LogP contribution is 2.23. The number of ether oxygens (including phenoxy) is 1. The Morgan fingerprint density at radius 1 is 1.43 bits per heavy atom. The lowest BCUT2D eigenvalue weighted by molar-refractivity contribution is -0.122. The number of amides is 1. The fraction of sp³-hybridized carbons (Fsp3) is 0.556. The van der Waals surface area contributed by atoms with Crippen LogP contribution < -0.4 is 4.80 Å². The van der Waals surface area contributed by atoms with Gasteiger partial charge in [0.1, 0.15) is 0 Å². The number of nitrogens with zero attached hydrogens (tertiary/aromatic N) is 3. The molecule has 0 spiro atoms. The minimum atomic E-state index is -3.30. The number of fused-ring (bicyclic) bond motifs is 1. The van der Waals surface area contributed by atoms with Crippen molar-refractivity contribution in [2.45, 2.75) is 26.3 Å². The van der Waals surface area contributed by atoms with Crippen LogP contribution in [-0.2, 0) is 26.1 Å². The van der Waals surface area contributed by atoms with Gasteiger partial charge < -0.3 is 9.30 Å². The van der Waals surface area contributed by atoms with E-state index in [-0.39, 0.29) is 12.5 Å². The van der Waals surface area contributed by atoms with Crippen LogP contribution in [0.3, 0.4) is 0 Å². The zero-order chi connectivity index (χ0) is 20.3. The maximum Gasteiger partial charge on any atom is 0.252 e. The van der Waals surface area contributed by atoms with Gasteiger partial charge in [-0.05, 0) is 38.0 Å². The number of benzene rings is 1. The van der Waals surface area contributed by atoms with E-state index >= 15 is 0 Å². The maximum atomic E-state index is 12.8. The van der Waals surface area contributed by atoms with Crippen LogP contribution in [0.25, 0.3) is 10.2 Å². The lowest BCUT2D eigenvalue weighted by Crippen LogP contribution is -2.41. The van der Waals surface area contributed by atoms with E-state index in [2.05, 4.69) is 20.9 Å². The number of carbonyl (C=O) groups excluding carboxylic acids is 1. The summed E-state index contributed by atoms with van der Waals surface area (Å²) in [5, 5.41) is 0. The Kier molecular flexibility index (Phi) is 7.08. The summed E-state index contributed by atoms with van der Waals surface area (Å²) < 4.78 is 34.5. The van der Waals surface area contributed by atoms with Gasteiger partial charge in [-0.1, -0.05) is 27.3 Å². The van der Waals surface area contributed by atoms with Crippen molar-refractivity contribution in [1.82, 2.24) is 8.87 Å². The molecule has 2 aromatic rings. The number of hydrogen-bond donors (Lipinski definition) is 0. The van der Waals surface area contributed by atoms with Gasteiger partial charge in [-0.2, -0.15) is 4.99 Å². The van der Waals surface area contributed by atoms with Crippen molar-refractivity contribution in [3.05, 3.63) is 27.5 Å². The number of piperidine rings is 1. The van der Waals surface area contributed by atoms with Crippen molar-refractivity contribution < 1.29 is 17.9 Å². The van der Waals surface area contributed by atoms with E-state index in [4.69, 9.17) is 4.74 Å². The van der Waals surface area contributed by atoms with E-state index in [1.165, 1.54) is 21.9 Å². The van der Waals surface area contributed by atoms with E-state index in [1.54, 1.807) is 0 Å². The molecule has 1 aromatic heterocycles. The summed E-state index contributed by atoms with van der Waals surface area (Å²) in [7, 11) is -3.30. The van der Waals surface area contributed by atoms with E-state index in [0.29, 0.717) is 43.9 Å². The first-order valence-corrected chi connectivity index (χ1v) is 12.7. The Bertz CT molecular complexity index is 1030. The summed E-state index contributed by atoms with van der Waals surface area (Å²) in [4.78, 5) is 17.8. The Hall–Kier alpha value is -1.07. The van der Waals surface area contributed by atoms with Crippen molar-refractivity contribution in [3.8, 4) is 0 Å². The standard InChI is InChI=1S/C18H24BrN3O4S2/c1-3-26-10-9-22-15-7-6-14(19)11-16(15)27-18(22)20-17(23)13-5-4-8-21(12-13)28(2,24)25/h6-7,11,13H,3-5,8-10,12H2,1-2H3. The number of halogens is 1. The summed E-state index contributed by atoms with van der Waals surface area (Å²) in [5.74, 6) is -0.662. The van der Waals surface area contributed by atoms with Crippen molar-refractivity contribution >= 4 is 53.4 Å². The van der Waals surface area contributed by atoms with Crippen LogP contribution in [0.1, 0.15) is 19.8 Å². The number of rotatable bonds is 6. The predicted molar refractivity (Wildman–Crippen MR) is 114 cm³/mol. The quantitative estimate of drug-likeness (QED) is 0.583. The molecule has 1 saturated heterocycles. The smallest absolute Gasteiger partial charge is 0.252 e. The highest BCUT2D eigenvalue weighted by Gasteiger charge is 2.30. The number of sulfonamides is 1. The van der Waals surface area contributed by atoms with E-state index in [0.717, 1.165) is 14.7 Å². The van der Waals surface area contributed by atoms with Crippen LogP contribution >= 0.6 is 27.3 Å². The average Bonchev–Trinajstić information content (AvgIpc) is 2.97. The Balaban J connectivity index is 1.93. The Labute approximate surface area is 177 Å². The molecular weight excluding hydrogens is 466 g/mol. The lowest BCUT2D eigenvalue weighted by atomic mass is 9.99. The van der Waals surface area contributed by atoms with Gasteiger partial charge in [0.05, 0.1) is 29.0 Å². The average molecular weight is 490 g/mol. The molecule has 28 heavy (non-hydrogen) atoms. The fourth-order valence-corrected chi connectivity index (χ4v) is 5.80. The summed E-state index contributed by atoms with van der Waals surface area (Å²) in [6.07, 6.45) is 2.51. The van der Waals surface area contributed by atoms with Crippen LogP contribution in [0.4, 0.5) is 0 Å². The minimum Gasteiger partial charge on any atom is -0.380 e. The molecule has 0 N–H and O–H groups in total. The molecule has 10 heteroatoms. The topological polar surface area (TPSA) is 81.0 Å². The SMILES string of the molecule is CCOCCn1c(=NC(=O)C2CCCN(S(C)(=O)=O)C2)sc2cc(Br)ccc21. The first-order valence-electron chi connectivity index (χ1n) is 9.20. The van der Waals surface area contributed by atoms with Crippen LogP contribution in [0.5, 0.6) is 0 Å². The van der Waals surface area contributed by atoms with Gasteiger partial charge in [-0.25, -0.2) is 12.7 Å². The molecule has 1 aliphatic heterocycles. The minimum absolute atomic E-state index is 0.205. The molecule has 1 aromatic carbocycles. The first-order chi connectivity index (χ1) is 13.3. The second kappa shape index (κ2) is 9.17. The number of carbonyl (C=O) groups is 1. The van der Waals surface area contributed by atoms with E-state index in [1.807, 2.05) is 29.7 Å². The van der Waals surface area contributed by atoms with E-state index < -0.39 is 15.9 Å². The largest absolute Gasteiger partial charge is 0.380 e. The lowest BCUT2D eigenvalue weighted by Gasteiger charge is -2.28. The van der Waals surface area contributed by atoms with Crippen molar-refractivity contribution in [2.75, 3.05) is 32.6 Å². The highest BCUT2D eigenvalue weighted by molar-refractivity contribution is 9.10. The van der Waals surface area contributed by atoms with Crippen molar-refractivity contribution in [1.29, 1.82) is 0 Å². The first kappa shape index (κ1) is 21.6. The summed E-state index contributed by atoms with van der Waals surface area (Å²) in [5.41, 5.74) is 1.00. The van der Waals surface area contributed by atoms with Crippen molar-refractivity contribution in [3.63, 3.8) is 0 Å². The molecular formula is C18H24BrN3O4S2. The summed E-state index contributed by atoms with van der Waals surface area (Å²) in [6.45, 7) is 4.37. The molecule has 3 rings (SSSR count). The zero-order valence-electron chi connectivity index (χ0n) is 15.9. The van der Waals surface area contributed by atoms with Crippen LogP contribution in [0, 0.1) is 5.92 Å². The molecule has 0 saturated carbocycles. The number of thiazole rings is 1. The molecule has 1 unspecified atom stereocenters. The third kappa shape index (κ3) is 5.10. The van der Waals surface area contributed by atoms with Crippen LogP contribution in [0.15, 0.2) is 27.7 Å². The van der Waals surface area contributed by atoms with Gasteiger partial charge >= 0.3 is 0 Å². The molecule has 154 valence electrons. The van der Waals surface area contributed by atoms with Gasteiger partial charge in [0.2, 0.25) is 10.0 Å². The molecule has 0 radical (unpaired) electrons. The normalized spacial score (nSPS) is 19.4. The Morgan fingerprint density at radius 2 is 2.21 bits per heavy atom. The monoisotopic (exact) mass is 489 g/mol. The van der Waals surface area contributed by atoms with Gasteiger partial charge in [0, 0.05) is 30.7 Å². The maximum absolute atomic E-state index is 12.8. The second-order valence-electron chi connectivity index (χ2n) is 6.76. The van der Waals surface area contributed by atoms with Gasteiger partial charge in [0.15, 0.2) is 4.80 Å². The number of hydrogen-bond acceptors (Lipinski definition) is 5. The van der Waals surface area contributed by atoms with Gasteiger partial charge in [0.25, 0.3) is 5.91 Å². The molecule has 1 aliphatic rings. The molecule has 1 fully saturated rings. The Morgan fingerprint density at radius 3 is 2.93 bits per heavy atom. The molecule has 0 bridgehead atoms. The van der Waals surface area contributed by atoms with Crippen LogP contribution in [-0.4, -0.2) is 55.8 Å².